The van der Waals surface area contributed by atoms with Crippen molar-refractivity contribution < 1.29 is 17.9 Å². The van der Waals surface area contributed by atoms with Crippen LogP contribution in [-0.2, 0) is 11.3 Å². The molecule has 28 heavy (non-hydrogen) atoms. The molecule has 0 fully saturated rings. The van der Waals surface area contributed by atoms with Gasteiger partial charge in [-0.15, -0.1) is 0 Å². The highest BCUT2D eigenvalue weighted by Gasteiger charge is 2.23. The smallest absolute Gasteiger partial charge is 0.260 e. The maximum Gasteiger partial charge on any atom is 0.260 e. The molecule has 2 N–H and O–H groups in total. The van der Waals surface area contributed by atoms with Crippen molar-refractivity contribution in [3.63, 3.8) is 0 Å². The van der Waals surface area contributed by atoms with Crippen molar-refractivity contribution in [2.24, 2.45) is 0 Å². The van der Waals surface area contributed by atoms with Crippen LogP contribution in [-0.4, -0.2) is 32.2 Å². The standard InChI is InChI=1S/C18H22ClFN4O3S/c1-4-9-24(28(26)27)14-7-6-13(19)16(17(14)20)18(25)23-12-5-8-15(21-10-12)22-11(2)3/h5-8,10-11H,4,9H2,1-3H3,(H,21,22)(H,23,25)(H,26,27)/p-1. The van der Waals surface area contributed by atoms with Crippen LogP contribution in [0.5, 0.6) is 0 Å². The lowest BCUT2D eigenvalue weighted by molar-refractivity contribution is 0.102. The van der Waals surface area contributed by atoms with Gasteiger partial charge in [0.15, 0.2) is 5.82 Å². The van der Waals surface area contributed by atoms with Gasteiger partial charge in [-0.25, -0.2) is 9.37 Å². The SMILES string of the molecule is CCCN(c1ccc(Cl)c(C(=O)Nc2ccc(NC(C)C)nc2)c1F)S(=O)[O-]. The van der Waals surface area contributed by atoms with Crippen LogP contribution < -0.4 is 14.9 Å². The number of aromatic nitrogens is 1. The Kier molecular flexibility index (Phi) is 7.73. The molecule has 1 atom stereocenters. The first-order chi connectivity index (χ1) is 13.2. The number of rotatable bonds is 8. The average molecular weight is 428 g/mol. The molecule has 0 saturated carbocycles. The molecule has 1 heterocycles. The number of hydrogen-bond acceptors (Lipinski definition) is 5. The van der Waals surface area contributed by atoms with Crippen molar-refractivity contribution in [2.45, 2.75) is 33.2 Å². The Bertz CT molecular complexity index is 865. The molecule has 0 spiro atoms. The Morgan fingerprint density at radius 1 is 1.36 bits per heavy atom. The summed E-state index contributed by atoms with van der Waals surface area (Å²) in [5.74, 6) is -1.18. The van der Waals surface area contributed by atoms with E-state index in [0.717, 1.165) is 4.31 Å². The minimum atomic E-state index is -2.69. The van der Waals surface area contributed by atoms with Gasteiger partial charge < -0.3 is 15.2 Å². The first kappa shape index (κ1) is 22.1. The summed E-state index contributed by atoms with van der Waals surface area (Å²) in [6.45, 7) is 5.76. The van der Waals surface area contributed by atoms with E-state index in [1.54, 1.807) is 19.1 Å². The monoisotopic (exact) mass is 427 g/mol. The van der Waals surface area contributed by atoms with Crippen molar-refractivity contribution in [1.82, 2.24) is 4.98 Å². The van der Waals surface area contributed by atoms with E-state index >= 15 is 0 Å². The molecule has 0 aliphatic rings. The zero-order chi connectivity index (χ0) is 20.8. The van der Waals surface area contributed by atoms with Gasteiger partial charge >= 0.3 is 0 Å². The minimum Gasteiger partial charge on any atom is -0.755 e. The van der Waals surface area contributed by atoms with Crippen molar-refractivity contribution in [3.05, 3.63) is 46.9 Å². The maximum absolute atomic E-state index is 14.9. The van der Waals surface area contributed by atoms with Crippen LogP contribution in [0.15, 0.2) is 30.5 Å². The molecule has 1 aromatic carbocycles. The molecule has 1 aromatic heterocycles. The van der Waals surface area contributed by atoms with Crippen molar-refractivity contribution in [2.75, 3.05) is 21.5 Å². The van der Waals surface area contributed by atoms with Crippen LogP contribution in [0.3, 0.4) is 0 Å². The zero-order valence-corrected chi connectivity index (χ0v) is 17.2. The Balaban J connectivity index is 2.29. The van der Waals surface area contributed by atoms with Gasteiger partial charge in [-0.2, -0.15) is 0 Å². The summed E-state index contributed by atoms with van der Waals surface area (Å²) in [5.41, 5.74) is -0.326. The summed E-state index contributed by atoms with van der Waals surface area (Å²) in [6, 6.07) is 6.00. The van der Waals surface area contributed by atoms with Crippen LogP contribution in [0, 0.1) is 5.82 Å². The van der Waals surface area contributed by atoms with E-state index in [9.17, 15) is 17.9 Å². The Morgan fingerprint density at radius 3 is 2.61 bits per heavy atom. The van der Waals surface area contributed by atoms with Crippen LogP contribution in [0.4, 0.5) is 21.6 Å². The van der Waals surface area contributed by atoms with E-state index < -0.39 is 28.6 Å². The molecule has 0 aliphatic carbocycles. The third-order valence-electron chi connectivity index (χ3n) is 3.63. The molecular formula is C18H21ClFN4O3S-. The molecule has 152 valence electrons. The molecule has 2 aromatic rings. The number of carbonyl (C=O) groups excluding carboxylic acids is 1. The van der Waals surface area contributed by atoms with Gasteiger partial charge in [0.2, 0.25) is 0 Å². The summed E-state index contributed by atoms with van der Waals surface area (Å²) in [5, 5.41) is 5.50. The first-order valence-electron chi connectivity index (χ1n) is 8.63. The molecule has 1 amide bonds. The fourth-order valence-electron chi connectivity index (χ4n) is 2.46. The Morgan fingerprint density at radius 2 is 2.07 bits per heavy atom. The summed E-state index contributed by atoms with van der Waals surface area (Å²) < 4.78 is 38.6. The normalized spacial score (nSPS) is 12.0. The van der Waals surface area contributed by atoms with Crippen molar-refractivity contribution in [1.29, 1.82) is 0 Å². The molecule has 0 aliphatic heterocycles. The lowest BCUT2D eigenvalue weighted by Crippen LogP contribution is -2.28. The quantitative estimate of drug-likeness (QED) is 0.621. The topological polar surface area (TPSA) is 97.4 Å². The summed E-state index contributed by atoms with van der Waals surface area (Å²) in [6.07, 6.45) is 1.90. The molecule has 1 unspecified atom stereocenters. The van der Waals surface area contributed by atoms with E-state index in [4.69, 9.17) is 11.6 Å². The number of carbonyl (C=O) groups is 1. The number of benzene rings is 1. The highest BCUT2D eigenvalue weighted by molar-refractivity contribution is 7.80. The fraction of sp³-hybridized carbons (Fsp3) is 0.333. The first-order valence-corrected chi connectivity index (χ1v) is 10.0. The molecule has 0 saturated heterocycles. The fourth-order valence-corrected chi connectivity index (χ4v) is 3.33. The number of amides is 1. The Hall–Kier alpha value is -2.23. The molecule has 2 rings (SSSR count). The van der Waals surface area contributed by atoms with Gasteiger partial charge in [0.05, 0.1) is 28.2 Å². The predicted octanol–water partition coefficient (Wildman–Crippen LogP) is 3.96. The zero-order valence-electron chi connectivity index (χ0n) is 15.7. The largest absolute Gasteiger partial charge is 0.755 e. The van der Waals surface area contributed by atoms with Gasteiger partial charge in [-0.3, -0.25) is 13.3 Å². The van der Waals surface area contributed by atoms with E-state index in [0.29, 0.717) is 17.9 Å². The van der Waals surface area contributed by atoms with E-state index in [1.165, 1.54) is 18.3 Å². The highest BCUT2D eigenvalue weighted by atomic mass is 35.5. The molecular weight excluding hydrogens is 407 g/mol. The van der Waals surface area contributed by atoms with E-state index in [-0.39, 0.29) is 23.3 Å². The summed E-state index contributed by atoms with van der Waals surface area (Å²) in [4.78, 5) is 16.7. The van der Waals surface area contributed by atoms with Gasteiger partial charge in [0, 0.05) is 23.9 Å². The van der Waals surface area contributed by atoms with Crippen molar-refractivity contribution in [3.8, 4) is 0 Å². The second kappa shape index (κ2) is 9.81. The third-order valence-corrected chi connectivity index (χ3v) is 4.69. The average Bonchev–Trinajstić information content (AvgIpc) is 2.61. The van der Waals surface area contributed by atoms with Crippen LogP contribution >= 0.6 is 11.6 Å². The maximum atomic E-state index is 14.9. The molecule has 10 heteroatoms. The van der Waals surface area contributed by atoms with Gasteiger partial charge in [-0.05, 0) is 44.5 Å². The van der Waals surface area contributed by atoms with Crippen LogP contribution in [0.2, 0.25) is 5.02 Å². The van der Waals surface area contributed by atoms with Gasteiger partial charge in [0.25, 0.3) is 5.91 Å². The second-order valence-corrected chi connectivity index (χ2v) is 7.54. The second-order valence-electron chi connectivity index (χ2n) is 6.26. The number of halogens is 2. The predicted molar refractivity (Wildman–Crippen MR) is 109 cm³/mol. The minimum absolute atomic E-state index is 0.0734. The lowest BCUT2D eigenvalue weighted by Gasteiger charge is -2.27. The van der Waals surface area contributed by atoms with Gasteiger partial charge in [0.1, 0.15) is 5.82 Å². The Labute approximate surface area is 170 Å². The summed E-state index contributed by atoms with van der Waals surface area (Å²) >= 11 is 3.32. The number of hydrogen-bond donors (Lipinski definition) is 2. The molecule has 0 bridgehead atoms. The van der Waals surface area contributed by atoms with Crippen molar-refractivity contribution >= 4 is 46.0 Å². The number of nitrogens with zero attached hydrogens (tertiary/aromatic N) is 2. The molecule has 7 nitrogen and oxygen atoms in total. The number of anilines is 3. The highest BCUT2D eigenvalue weighted by Crippen LogP contribution is 2.30. The molecule has 0 radical (unpaired) electrons. The van der Waals surface area contributed by atoms with Crippen LogP contribution in [0.25, 0.3) is 0 Å². The van der Waals surface area contributed by atoms with E-state index in [2.05, 4.69) is 15.6 Å². The van der Waals surface area contributed by atoms with Gasteiger partial charge in [-0.1, -0.05) is 18.5 Å². The number of pyridine rings is 1. The van der Waals surface area contributed by atoms with E-state index in [1.807, 2.05) is 13.8 Å². The lowest BCUT2D eigenvalue weighted by atomic mass is 10.1. The summed E-state index contributed by atoms with van der Waals surface area (Å²) in [7, 11) is 0. The third kappa shape index (κ3) is 5.40. The number of nitrogens with one attached hydrogen (secondary N) is 2. The van der Waals surface area contributed by atoms with Crippen LogP contribution in [0.1, 0.15) is 37.6 Å².